The van der Waals surface area contributed by atoms with Crippen LogP contribution in [0.15, 0.2) is 54.7 Å². The predicted octanol–water partition coefficient (Wildman–Crippen LogP) is -4.92. The van der Waals surface area contributed by atoms with Gasteiger partial charge >= 0.3 is 65.2 Å². The molecule has 0 bridgehead atoms. The monoisotopic (exact) mass is 430 g/mol. The molecule has 0 saturated carbocycles. The van der Waals surface area contributed by atoms with E-state index in [0.29, 0.717) is 25.6 Å². The van der Waals surface area contributed by atoms with Crippen molar-refractivity contribution in [2.75, 3.05) is 20.2 Å². The number of methoxy groups -OCH3 is 1. The summed E-state index contributed by atoms with van der Waals surface area (Å²) in [5.41, 5.74) is 3.11. The van der Waals surface area contributed by atoms with Gasteiger partial charge in [-0.3, -0.25) is 0 Å². The number of benzene rings is 1. The van der Waals surface area contributed by atoms with E-state index in [1.807, 2.05) is 48.5 Å². The molecular weight excluding hydrogens is 410 g/mol. The molecule has 1 aromatic heterocycles. The first-order valence-electron chi connectivity index (χ1n) is 8.53. The molecule has 0 radical (unpaired) electrons. The van der Waals surface area contributed by atoms with Gasteiger partial charge in [-0.15, -0.1) is 0 Å². The van der Waals surface area contributed by atoms with Crippen LogP contribution in [0.1, 0.15) is 17.5 Å². The molecule has 2 heterocycles. The molecule has 0 fully saturated rings. The first-order valence-corrected chi connectivity index (χ1v) is 8.53. The number of hydrogen-bond donors (Lipinski definition) is 0. The Kier molecular flexibility index (Phi) is 14.5. The first kappa shape index (κ1) is 28.5. The minimum Gasteiger partial charge on any atom is -0.652 e. The van der Waals surface area contributed by atoms with Gasteiger partial charge in [0.2, 0.25) is 5.88 Å². The third-order valence-corrected chi connectivity index (χ3v) is 3.98. The summed E-state index contributed by atoms with van der Waals surface area (Å²) in [6, 6.07) is 13.6. The third kappa shape index (κ3) is 9.51. The van der Waals surface area contributed by atoms with E-state index in [1.165, 1.54) is 0 Å². The topological polar surface area (TPSA) is 115 Å². The van der Waals surface area contributed by atoms with Gasteiger partial charge in [-0.1, -0.05) is 36.4 Å². The summed E-state index contributed by atoms with van der Waals surface area (Å²) in [7, 11) is 1.61. The maximum Gasteiger partial charge on any atom is 1.00 e. The molecule has 1 aromatic carbocycles. The number of pyridine rings is 1. The maximum absolute atomic E-state index is 12.2. The molecule has 3 rings (SSSR count). The second-order valence-electron chi connectivity index (χ2n) is 5.78. The Balaban J connectivity index is 0.00000129. The summed E-state index contributed by atoms with van der Waals surface area (Å²) in [6.07, 6.45) is 1.88. The van der Waals surface area contributed by atoms with Crippen molar-refractivity contribution in [3.05, 3.63) is 65.9 Å². The Morgan fingerprint density at radius 1 is 1.10 bits per heavy atom. The molecule has 1 aliphatic rings. The number of carbonyl (C=O) groups excluding carboxylic acids is 2. The molecule has 0 aliphatic carbocycles. The number of amides is 1. The summed E-state index contributed by atoms with van der Waals surface area (Å²) < 4.78 is 10.7. The molecule has 0 atom stereocenters. The second kappa shape index (κ2) is 15.3. The molecule has 30 heavy (non-hydrogen) atoms. The summed E-state index contributed by atoms with van der Waals surface area (Å²) in [5, 5.41) is 16.7. The van der Waals surface area contributed by atoms with Crippen LogP contribution in [-0.2, 0) is 11.3 Å². The standard InChI is InChI=1S/C19H20N2O3.CH2O3.2Na/c1-23-18-17(8-5-11-20-18)16-9-12-21(13-10-16)19(22)24-14-15-6-3-2-4-7-15;2-1(3)4;;/h2-9,11H,10,12-14H2,1H3;(H2,2,3,4);;/q;;2*+1/p-2. The Morgan fingerprint density at radius 2 is 1.77 bits per heavy atom. The molecule has 0 spiro atoms. The Bertz CT molecular complexity index is 829. The summed E-state index contributed by atoms with van der Waals surface area (Å²) in [5.74, 6) is 0.615. The molecule has 8 nitrogen and oxygen atoms in total. The van der Waals surface area contributed by atoms with Crippen molar-refractivity contribution in [1.82, 2.24) is 9.88 Å². The number of aromatic nitrogens is 1. The molecule has 0 unspecified atom stereocenters. The fourth-order valence-corrected chi connectivity index (χ4v) is 2.69. The number of carbonyl (C=O) groups is 2. The van der Waals surface area contributed by atoms with Crippen LogP contribution in [0.5, 0.6) is 5.88 Å². The van der Waals surface area contributed by atoms with Gasteiger partial charge < -0.3 is 29.4 Å². The van der Waals surface area contributed by atoms with Gasteiger partial charge in [0.05, 0.1) is 7.11 Å². The first-order chi connectivity index (χ1) is 13.5. The zero-order valence-corrected chi connectivity index (χ0v) is 21.4. The molecule has 0 saturated heterocycles. The van der Waals surface area contributed by atoms with E-state index in [9.17, 15) is 4.79 Å². The molecule has 2 aromatic rings. The van der Waals surface area contributed by atoms with E-state index < -0.39 is 6.16 Å². The van der Waals surface area contributed by atoms with Crippen molar-refractivity contribution >= 4 is 17.8 Å². The largest absolute Gasteiger partial charge is 1.00 e. The van der Waals surface area contributed by atoms with Crippen LogP contribution in [0, 0.1) is 0 Å². The fraction of sp³-hybridized carbons (Fsp3) is 0.250. The fourth-order valence-electron chi connectivity index (χ4n) is 2.69. The van der Waals surface area contributed by atoms with E-state index in [1.54, 1.807) is 18.2 Å². The molecule has 0 N–H and O–H groups in total. The summed E-state index contributed by atoms with van der Waals surface area (Å²) in [6.45, 7) is 1.45. The summed E-state index contributed by atoms with van der Waals surface area (Å²) in [4.78, 5) is 26.4. The van der Waals surface area contributed by atoms with Crippen molar-refractivity contribution < 1.29 is 88.4 Å². The minimum absolute atomic E-state index is 0. The van der Waals surface area contributed by atoms with Crippen LogP contribution >= 0.6 is 0 Å². The average molecular weight is 430 g/mol. The SMILES string of the molecule is COc1ncccc1C1=CCN(C(=O)OCc2ccccc2)CC1.O=C([O-])[O-].[Na+].[Na+]. The minimum atomic E-state index is -2.33. The smallest absolute Gasteiger partial charge is 0.652 e. The van der Waals surface area contributed by atoms with Gasteiger partial charge in [0, 0.05) is 24.8 Å². The van der Waals surface area contributed by atoms with E-state index in [-0.39, 0.29) is 65.2 Å². The van der Waals surface area contributed by atoms with Crippen LogP contribution in [0.2, 0.25) is 0 Å². The molecule has 148 valence electrons. The van der Waals surface area contributed by atoms with Gasteiger partial charge in [-0.05, 0) is 35.8 Å². The Morgan fingerprint density at radius 3 is 2.33 bits per heavy atom. The van der Waals surface area contributed by atoms with E-state index in [4.69, 9.17) is 24.5 Å². The van der Waals surface area contributed by atoms with E-state index in [0.717, 1.165) is 23.1 Å². The number of rotatable bonds is 4. The average Bonchev–Trinajstić information content (AvgIpc) is 2.72. The zero-order valence-electron chi connectivity index (χ0n) is 17.4. The molecular formula is C20H20N2Na2O6. The van der Waals surface area contributed by atoms with Gasteiger partial charge in [0.1, 0.15) is 6.61 Å². The second-order valence-corrected chi connectivity index (χ2v) is 5.78. The molecule has 1 amide bonds. The number of ether oxygens (including phenoxy) is 2. The van der Waals surface area contributed by atoms with Crippen LogP contribution in [0.25, 0.3) is 5.57 Å². The van der Waals surface area contributed by atoms with Crippen LogP contribution < -0.4 is 74.1 Å². The van der Waals surface area contributed by atoms with Crippen molar-refractivity contribution in [2.45, 2.75) is 13.0 Å². The van der Waals surface area contributed by atoms with Crippen molar-refractivity contribution in [2.24, 2.45) is 0 Å². The van der Waals surface area contributed by atoms with Crippen molar-refractivity contribution in [3.8, 4) is 5.88 Å². The van der Waals surface area contributed by atoms with E-state index >= 15 is 0 Å². The normalized spacial score (nSPS) is 12.0. The molecule has 1 aliphatic heterocycles. The van der Waals surface area contributed by atoms with Gasteiger partial charge in [0.25, 0.3) is 0 Å². The van der Waals surface area contributed by atoms with Crippen LogP contribution in [0.3, 0.4) is 0 Å². The van der Waals surface area contributed by atoms with Gasteiger partial charge in [-0.2, -0.15) is 0 Å². The third-order valence-electron chi connectivity index (χ3n) is 3.98. The predicted molar refractivity (Wildman–Crippen MR) is 97.0 cm³/mol. The van der Waals surface area contributed by atoms with Gasteiger partial charge in [0.15, 0.2) is 0 Å². The van der Waals surface area contributed by atoms with Crippen molar-refractivity contribution in [3.63, 3.8) is 0 Å². The zero-order chi connectivity index (χ0) is 20.4. The summed E-state index contributed by atoms with van der Waals surface area (Å²) >= 11 is 0. The number of carboxylic acid groups (broad SMARTS) is 2. The maximum atomic E-state index is 12.2. The van der Waals surface area contributed by atoms with Crippen LogP contribution in [-0.4, -0.2) is 42.3 Å². The van der Waals surface area contributed by atoms with E-state index in [2.05, 4.69) is 4.98 Å². The molecule has 10 heteroatoms. The Hall–Kier alpha value is -1.55. The van der Waals surface area contributed by atoms with Crippen molar-refractivity contribution in [1.29, 1.82) is 0 Å². The van der Waals surface area contributed by atoms with Gasteiger partial charge in [-0.25, -0.2) is 9.78 Å². The Labute approximate surface area is 219 Å². The quantitative estimate of drug-likeness (QED) is 0.447. The van der Waals surface area contributed by atoms with Crippen LogP contribution in [0.4, 0.5) is 9.59 Å². The number of nitrogens with zero attached hydrogens (tertiary/aromatic N) is 2. The number of hydrogen-bond acceptors (Lipinski definition) is 7.